The molecule has 0 aliphatic carbocycles. The Balaban J connectivity index is 0.000000240. The summed E-state index contributed by atoms with van der Waals surface area (Å²) in [5, 5.41) is 24.8. The van der Waals surface area contributed by atoms with Crippen molar-refractivity contribution < 1.29 is 32.8 Å². The van der Waals surface area contributed by atoms with Crippen LogP contribution in [0.15, 0.2) is 103 Å². The van der Waals surface area contributed by atoms with Gasteiger partial charge in [-0.2, -0.15) is 8.42 Å². The third-order valence-corrected chi connectivity index (χ3v) is 8.85. The van der Waals surface area contributed by atoms with Gasteiger partial charge in [-0.25, -0.2) is 0 Å². The molecule has 10 heteroatoms. The second kappa shape index (κ2) is 19.2. The Morgan fingerprint density at radius 1 is 0.706 bits per heavy atom. The van der Waals surface area contributed by atoms with E-state index in [0.717, 1.165) is 40.5 Å². The van der Waals surface area contributed by atoms with E-state index < -0.39 is 10.1 Å². The maximum atomic E-state index is 11.6. The van der Waals surface area contributed by atoms with E-state index in [-0.39, 0.29) is 23.2 Å². The van der Waals surface area contributed by atoms with Gasteiger partial charge >= 0.3 is 0 Å². The lowest BCUT2D eigenvalue weighted by atomic mass is 9.91. The summed E-state index contributed by atoms with van der Waals surface area (Å²) < 4.78 is 27.9. The number of aromatic hydroxyl groups is 2. The summed E-state index contributed by atoms with van der Waals surface area (Å²) >= 11 is 0. The molecule has 0 aliphatic heterocycles. The first-order chi connectivity index (χ1) is 24.3. The van der Waals surface area contributed by atoms with Crippen LogP contribution in [0.1, 0.15) is 44.1 Å². The number of hydrogen-bond acceptors (Lipinski definition) is 8. The van der Waals surface area contributed by atoms with Gasteiger partial charge in [0, 0.05) is 30.8 Å². The standard InChI is InChI=1S/C22H18O4.C16H19N.C3H9NO3S/c23-13-16-3-1-15(2-4-16)11-20(14-24)18-7-5-17(6-8-18)19-9-10-21(25)22(26)12-19;1-11-9-12(2)16(13(3)10-11)14-5-7-15(17-4)8-6-14;1-4-2-3-8(5,6)7/h1-10,12-14,20,25-26H,11H2;5-10,17H,1-4H3;4H,2-3H2,1H3,(H,5,6,7). The molecular formula is C41H46N2O7S. The van der Waals surface area contributed by atoms with Crippen LogP contribution in [0.5, 0.6) is 11.5 Å². The van der Waals surface area contributed by atoms with Gasteiger partial charge in [0.25, 0.3) is 10.1 Å². The Morgan fingerprint density at radius 3 is 1.75 bits per heavy atom. The summed E-state index contributed by atoms with van der Waals surface area (Å²) in [5.74, 6) is -0.828. The average molecular weight is 711 g/mol. The zero-order valence-electron chi connectivity index (χ0n) is 29.6. The fraction of sp³-hybridized carbons (Fsp3) is 0.220. The van der Waals surface area contributed by atoms with Gasteiger partial charge < -0.3 is 25.6 Å². The molecule has 0 radical (unpaired) electrons. The van der Waals surface area contributed by atoms with Gasteiger partial charge in [0.2, 0.25) is 0 Å². The minimum Gasteiger partial charge on any atom is -0.504 e. The van der Waals surface area contributed by atoms with Crippen molar-refractivity contribution >= 4 is 28.4 Å². The molecule has 0 bridgehead atoms. The molecule has 9 nitrogen and oxygen atoms in total. The van der Waals surface area contributed by atoms with E-state index in [4.69, 9.17) is 4.55 Å². The number of phenolic OH excluding ortho intramolecular Hbond substituents is 2. The zero-order chi connectivity index (χ0) is 37.6. The van der Waals surface area contributed by atoms with E-state index in [1.165, 1.54) is 39.9 Å². The Hall–Kier alpha value is -5.29. The molecule has 268 valence electrons. The largest absolute Gasteiger partial charge is 0.504 e. The number of carbonyl (C=O) groups is 2. The molecule has 0 aromatic heterocycles. The van der Waals surface area contributed by atoms with E-state index in [1.807, 2.05) is 43.4 Å². The summed E-state index contributed by atoms with van der Waals surface area (Å²) in [6.07, 6.45) is 2.28. The Kier molecular flexibility index (Phi) is 15.1. The van der Waals surface area contributed by atoms with Crippen LogP contribution < -0.4 is 10.6 Å². The van der Waals surface area contributed by atoms with Gasteiger partial charge in [-0.1, -0.05) is 84.4 Å². The number of nitrogens with one attached hydrogen (secondary N) is 2. The van der Waals surface area contributed by atoms with Crippen molar-refractivity contribution in [3.63, 3.8) is 0 Å². The zero-order valence-corrected chi connectivity index (χ0v) is 30.4. The van der Waals surface area contributed by atoms with Crippen molar-refractivity contribution in [3.8, 4) is 33.8 Å². The van der Waals surface area contributed by atoms with Crippen LogP contribution in [0.25, 0.3) is 22.3 Å². The highest BCUT2D eigenvalue weighted by atomic mass is 32.2. The average Bonchev–Trinajstić information content (AvgIpc) is 3.11. The van der Waals surface area contributed by atoms with Crippen molar-refractivity contribution in [1.29, 1.82) is 0 Å². The molecule has 0 fully saturated rings. The Labute approximate surface area is 300 Å². The monoisotopic (exact) mass is 710 g/mol. The first kappa shape index (κ1) is 40.1. The van der Waals surface area contributed by atoms with Crippen molar-refractivity contribution in [1.82, 2.24) is 5.32 Å². The molecule has 1 atom stereocenters. The van der Waals surface area contributed by atoms with Crippen LogP contribution in [0.4, 0.5) is 5.69 Å². The van der Waals surface area contributed by atoms with Gasteiger partial charge in [-0.15, -0.1) is 0 Å². The van der Waals surface area contributed by atoms with Crippen molar-refractivity contribution in [2.24, 2.45) is 0 Å². The molecule has 5 rings (SSSR count). The maximum absolute atomic E-state index is 11.6. The van der Waals surface area contributed by atoms with E-state index in [9.17, 15) is 28.2 Å². The second-order valence-corrected chi connectivity index (χ2v) is 13.7. The molecule has 0 saturated carbocycles. The van der Waals surface area contributed by atoms with Gasteiger partial charge in [0.15, 0.2) is 11.5 Å². The lowest BCUT2D eigenvalue weighted by Crippen LogP contribution is -2.18. The minimum absolute atomic E-state index is 0.160. The minimum atomic E-state index is -3.75. The molecule has 51 heavy (non-hydrogen) atoms. The molecule has 0 amide bonds. The van der Waals surface area contributed by atoms with E-state index in [0.29, 0.717) is 18.5 Å². The van der Waals surface area contributed by atoms with Gasteiger partial charge in [-0.05, 0) is 103 Å². The number of hydrogen-bond donors (Lipinski definition) is 5. The van der Waals surface area contributed by atoms with Gasteiger partial charge in [-0.3, -0.25) is 9.35 Å². The SMILES string of the molecule is CNCCS(=O)(=O)O.CNc1ccc(-c2c(C)cc(C)cc2C)cc1.O=Cc1ccc(CC(C=O)c2ccc(-c3ccc(O)c(O)c3)cc2)cc1. The van der Waals surface area contributed by atoms with Crippen molar-refractivity contribution in [2.75, 3.05) is 31.7 Å². The Morgan fingerprint density at radius 2 is 1.27 bits per heavy atom. The molecule has 5 aromatic rings. The number of anilines is 1. The topological polar surface area (TPSA) is 153 Å². The van der Waals surface area contributed by atoms with E-state index in [1.54, 1.807) is 25.2 Å². The summed E-state index contributed by atoms with van der Waals surface area (Å²) in [6, 6.07) is 32.5. The quantitative estimate of drug-likeness (QED) is 0.0532. The summed E-state index contributed by atoms with van der Waals surface area (Å²) in [6.45, 7) is 6.80. The molecule has 0 spiro atoms. The van der Waals surface area contributed by atoms with Crippen LogP contribution in [0.2, 0.25) is 0 Å². The molecule has 0 saturated heterocycles. The van der Waals surface area contributed by atoms with Crippen LogP contribution in [0.3, 0.4) is 0 Å². The number of carbonyl (C=O) groups excluding carboxylic acids is 2. The summed E-state index contributed by atoms with van der Waals surface area (Å²) in [5.41, 5.74) is 12.0. The Bertz CT molecular complexity index is 1970. The number of phenols is 2. The molecular weight excluding hydrogens is 665 g/mol. The fourth-order valence-corrected chi connectivity index (χ4v) is 5.99. The van der Waals surface area contributed by atoms with E-state index >= 15 is 0 Å². The molecule has 0 heterocycles. The normalized spacial score (nSPS) is 11.3. The van der Waals surface area contributed by atoms with Crippen LogP contribution in [-0.4, -0.2) is 62.1 Å². The van der Waals surface area contributed by atoms with Crippen molar-refractivity contribution in [2.45, 2.75) is 33.1 Å². The predicted octanol–water partition coefficient (Wildman–Crippen LogP) is 7.52. The molecule has 5 aromatic carbocycles. The lowest BCUT2D eigenvalue weighted by Gasteiger charge is -2.12. The van der Waals surface area contributed by atoms with Crippen molar-refractivity contribution in [3.05, 3.63) is 137 Å². The highest BCUT2D eigenvalue weighted by molar-refractivity contribution is 7.85. The third-order valence-electron chi connectivity index (χ3n) is 8.13. The first-order valence-electron chi connectivity index (χ1n) is 16.4. The molecule has 0 aliphatic rings. The predicted molar refractivity (Wildman–Crippen MR) is 206 cm³/mol. The number of benzene rings is 5. The maximum Gasteiger partial charge on any atom is 0.266 e. The highest BCUT2D eigenvalue weighted by Crippen LogP contribution is 2.32. The number of aryl methyl sites for hydroxylation is 3. The second-order valence-electron chi connectivity index (χ2n) is 12.1. The van der Waals surface area contributed by atoms with Crippen LogP contribution in [-0.2, 0) is 21.3 Å². The third kappa shape index (κ3) is 12.5. The highest BCUT2D eigenvalue weighted by Gasteiger charge is 2.13. The van der Waals surface area contributed by atoms with Crippen LogP contribution in [0, 0.1) is 20.8 Å². The lowest BCUT2D eigenvalue weighted by molar-refractivity contribution is -0.109. The van der Waals surface area contributed by atoms with Gasteiger partial charge in [0.05, 0.1) is 5.75 Å². The summed E-state index contributed by atoms with van der Waals surface area (Å²) in [4.78, 5) is 22.3. The van der Waals surface area contributed by atoms with Crippen LogP contribution >= 0.6 is 0 Å². The number of rotatable bonds is 11. The number of aldehydes is 2. The van der Waals surface area contributed by atoms with Gasteiger partial charge in [0.1, 0.15) is 12.6 Å². The molecule has 5 N–H and O–H groups in total. The summed E-state index contributed by atoms with van der Waals surface area (Å²) in [7, 11) is -0.191. The smallest absolute Gasteiger partial charge is 0.266 e. The fourth-order valence-electron chi connectivity index (χ4n) is 5.53. The molecule has 1 unspecified atom stereocenters. The first-order valence-corrected chi connectivity index (χ1v) is 18.0. The van der Waals surface area contributed by atoms with E-state index in [2.05, 4.69) is 67.8 Å².